The van der Waals surface area contributed by atoms with Gasteiger partial charge in [0.15, 0.2) is 0 Å². The molecule has 0 radical (unpaired) electrons. The minimum absolute atomic E-state index is 0.0505. The van der Waals surface area contributed by atoms with Gasteiger partial charge < -0.3 is 15.7 Å². The fourth-order valence-electron chi connectivity index (χ4n) is 4.23. The minimum Gasteiger partial charge on any atom is -0.399 e. The van der Waals surface area contributed by atoms with Crippen LogP contribution < -0.4 is 11.1 Å². The molecule has 3 rings (SSSR count). The van der Waals surface area contributed by atoms with Crippen LogP contribution in [0, 0.1) is 5.92 Å². The van der Waals surface area contributed by atoms with Crippen molar-refractivity contribution in [2.45, 2.75) is 50.8 Å². The molecule has 0 bridgehead atoms. The van der Waals surface area contributed by atoms with E-state index in [4.69, 9.17) is 17.3 Å². The third kappa shape index (κ3) is 7.04. The fraction of sp³-hybridized carbons (Fsp3) is 0.667. The van der Waals surface area contributed by atoms with Gasteiger partial charge in [-0.05, 0) is 48.9 Å². The summed E-state index contributed by atoms with van der Waals surface area (Å²) in [6, 6.07) is 5.52. The van der Waals surface area contributed by atoms with Crippen molar-refractivity contribution in [1.29, 1.82) is 0 Å². The molecule has 1 saturated carbocycles. The Morgan fingerprint density at radius 3 is 2.53 bits per heavy atom. The molecule has 1 saturated heterocycles. The Kier molecular flexibility index (Phi) is 7.90. The first-order valence-electron chi connectivity index (χ1n) is 10.5. The summed E-state index contributed by atoms with van der Waals surface area (Å²) < 4.78 is 26.4. The second-order valence-electron chi connectivity index (χ2n) is 8.48. The van der Waals surface area contributed by atoms with Gasteiger partial charge in [0.05, 0.1) is 6.54 Å². The van der Waals surface area contributed by atoms with Crippen molar-refractivity contribution >= 4 is 23.2 Å². The molecule has 2 fully saturated rings. The SMILES string of the molecule is Nc1cc(Cl)cc(CN2CCN(C(=O)CNC(O)CC3CCC(F)(F)CC3)CC2)c1. The summed E-state index contributed by atoms with van der Waals surface area (Å²) >= 11 is 6.05. The predicted molar refractivity (Wildman–Crippen MR) is 113 cm³/mol. The van der Waals surface area contributed by atoms with E-state index in [1.54, 1.807) is 11.0 Å². The lowest BCUT2D eigenvalue weighted by molar-refractivity contribution is -0.132. The average molecular weight is 445 g/mol. The standard InChI is InChI=1S/C21H31ClF2N4O2/c22-17-9-16(10-18(25)12-17)14-27-5-7-28(8-6-27)20(30)13-26-19(29)11-15-1-3-21(23,24)4-2-15/h9-10,12,15,19,26,29H,1-8,11,13-14,25H2. The van der Waals surface area contributed by atoms with Crippen LogP contribution in [0.2, 0.25) is 5.02 Å². The second kappa shape index (κ2) is 10.2. The van der Waals surface area contributed by atoms with Gasteiger partial charge in [0.25, 0.3) is 0 Å². The number of nitrogens with two attached hydrogens (primary N) is 1. The summed E-state index contributed by atoms with van der Waals surface area (Å²) in [4.78, 5) is 16.5. The Balaban J connectivity index is 1.35. The summed E-state index contributed by atoms with van der Waals surface area (Å²) in [6.07, 6.45) is 0.157. The largest absolute Gasteiger partial charge is 0.399 e. The van der Waals surface area contributed by atoms with Crippen molar-refractivity contribution < 1.29 is 18.7 Å². The molecule has 30 heavy (non-hydrogen) atoms. The van der Waals surface area contributed by atoms with Crippen LogP contribution in [0.15, 0.2) is 18.2 Å². The number of aliphatic hydroxyl groups excluding tert-OH is 1. The number of hydrogen-bond acceptors (Lipinski definition) is 5. The molecule has 1 unspecified atom stereocenters. The van der Waals surface area contributed by atoms with Gasteiger partial charge in [0.1, 0.15) is 6.23 Å². The van der Waals surface area contributed by atoms with Gasteiger partial charge in [-0.2, -0.15) is 0 Å². The van der Waals surface area contributed by atoms with E-state index >= 15 is 0 Å². The van der Waals surface area contributed by atoms with Gasteiger partial charge in [-0.3, -0.25) is 15.0 Å². The smallest absolute Gasteiger partial charge is 0.248 e. The summed E-state index contributed by atoms with van der Waals surface area (Å²) in [5.74, 6) is -2.55. The van der Waals surface area contributed by atoms with Crippen LogP contribution in [0.25, 0.3) is 0 Å². The summed E-state index contributed by atoms with van der Waals surface area (Å²) in [7, 11) is 0. The number of alkyl halides is 2. The number of amides is 1. The normalized spacial score (nSPS) is 21.5. The van der Waals surface area contributed by atoms with E-state index in [0.29, 0.717) is 43.1 Å². The first-order chi connectivity index (χ1) is 14.2. The number of nitrogens with zero attached hydrogens (tertiary/aromatic N) is 2. The number of nitrogens with one attached hydrogen (secondary N) is 1. The number of anilines is 1. The zero-order valence-corrected chi connectivity index (χ0v) is 17.9. The Hall–Kier alpha value is -1.48. The van der Waals surface area contributed by atoms with Crippen molar-refractivity contribution in [3.05, 3.63) is 28.8 Å². The quantitative estimate of drug-likeness (QED) is 0.445. The Morgan fingerprint density at radius 2 is 1.90 bits per heavy atom. The van der Waals surface area contributed by atoms with E-state index in [0.717, 1.165) is 25.2 Å². The highest BCUT2D eigenvalue weighted by molar-refractivity contribution is 6.30. The first-order valence-corrected chi connectivity index (χ1v) is 10.9. The van der Waals surface area contributed by atoms with E-state index in [1.165, 1.54) is 0 Å². The van der Waals surface area contributed by atoms with E-state index < -0.39 is 12.2 Å². The molecule has 1 heterocycles. The van der Waals surface area contributed by atoms with E-state index in [1.807, 2.05) is 12.1 Å². The minimum atomic E-state index is -2.56. The lowest BCUT2D eigenvalue weighted by atomic mass is 9.84. The molecule has 1 aliphatic heterocycles. The van der Waals surface area contributed by atoms with Gasteiger partial charge in [0.2, 0.25) is 11.8 Å². The number of nitrogen functional groups attached to an aromatic ring is 1. The van der Waals surface area contributed by atoms with Crippen LogP contribution in [0.5, 0.6) is 0 Å². The fourth-order valence-corrected chi connectivity index (χ4v) is 4.50. The summed E-state index contributed by atoms with van der Waals surface area (Å²) in [5, 5.41) is 13.6. The summed E-state index contributed by atoms with van der Waals surface area (Å²) in [5.41, 5.74) is 7.52. The number of rotatable bonds is 7. The molecule has 1 atom stereocenters. The van der Waals surface area contributed by atoms with Crippen LogP contribution in [0.1, 0.15) is 37.7 Å². The first kappa shape index (κ1) is 23.2. The topological polar surface area (TPSA) is 81.8 Å². The Bertz CT molecular complexity index is 699. The van der Waals surface area contributed by atoms with Gasteiger partial charge in [-0.1, -0.05) is 11.6 Å². The second-order valence-corrected chi connectivity index (χ2v) is 8.92. The number of benzene rings is 1. The highest BCUT2D eigenvalue weighted by Gasteiger charge is 2.35. The van der Waals surface area contributed by atoms with Crippen LogP contribution in [-0.4, -0.2) is 65.7 Å². The molecule has 1 aromatic carbocycles. The number of hydrogen-bond donors (Lipinski definition) is 3. The van der Waals surface area contributed by atoms with E-state index in [-0.39, 0.29) is 31.2 Å². The number of piperazine rings is 1. The molecule has 168 valence electrons. The van der Waals surface area contributed by atoms with Crippen molar-refractivity contribution in [2.24, 2.45) is 5.92 Å². The third-order valence-corrected chi connectivity index (χ3v) is 6.21. The molecule has 1 aliphatic carbocycles. The van der Waals surface area contributed by atoms with Gasteiger partial charge in [0, 0.05) is 56.3 Å². The molecule has 0 aromatic heterocycles. The zero-order valence-electron chi connectivity index (χ0n) is 17.1. The van der Waals surface area contributed by atoms with Crippen LogP contribution >= 0.6 is 11.6 Å². The molecule has 4 N–H and O–H groups in total. The molecule has 1 amide bonds. The molecule has 0 spiro atoms. The zero-order chi connectivity index (χ0) is 21.7. The lowest BCUT2D eigenvalue weighted by Crippen LogP contribution is -2.51. The highest BCUT2D eigenvalue weighted by Crippen LogP contribution is 2.37. The average Bonchev–Trinajstić information content (AvgIpc) is 2.67. The van der Waals surface area contributed by atoms with Gasteiger partial charge >= 0.3 is 0 Å². The third-order valence-electron chi connectivity index (χ3n) is 5.99. The molecule has 6 nitrogen and oxygen atoms in total. The van der Waals surface area contributed by atoms with Crippen LogP contribution in [0.3, 0.4) is 0 Å². The van der Waals surface area contributed by atoms with Crippen molar-refractivity contribution in [1.82, 2.24) is 15.1 Å². The van der Waals surface area contributed by atoms with Crippen molar-refractivity contribution in [3.8, 4) is 0 Å². The lowest BCUT2D eigenvalue weighted by Gasteiger charge is -2.35. The molecule has 9 heteroatoms. The van der Waals surface area contributed by atoms with Gasteiger partial charge in [-0.25, -0.2) is 8.78 Å². The number of carbonyl (C=O) groups excluding carboxylic acids is 1. The van der Waals surface area contributed by atoms with Crippen LogP contribution in [-0.2, 0) is 11.3 Å². The molecule has 2 aliphatic rings. The van der Waals surface area contributed by atoms with Crippen molar-refractivity contribution in [2.75, 3.05) is 38.5 Å². The summed E-state index contributed by atoms with van der Waals surface area (Å²) in [6.45, 7) is 3.50. The van der Waals surface area contributed by atoms with E-state index in [2.05, 4.69) is 10.2 Å². The molecular formula is C21H31ClF2N4O2. The maximum absolute atomic E-state index is 13.2. The number of aliphatic hydroxyl groups is 1. The van der Waals surface area contributed by atoms with E-state index in [9.17, 15) is 18.7 Å². The maximum atomic E-state index is 13.2. The monoisotopic (exact) mass is 444 g/mol. The van der Waals surface area contributed by atoms with Crippen molar-refractivity contribution in [3.63, 3.8) is 0 Å². The number of halogens is 3. The molecule has 1 aromatic rings. The Labute approximate surface area is 181 Å². The Morgan fingerprint density at radius 1 is 1.23 bits per heavy atom. The molecular weight excluding hydrogens is 414 g/mol. The van der Waals surface area contributed by atoms with Crippen LogP contribution in [0.4, 0.5) is 14.5 Å². The highest BCUT2D eigenvalue weighted by atomic mass is 35.5. The van der Waals surface area contributed by atoms with Gasteiger partial charge in [-0.15, -0.1) is 0 Å². The maximum Gasteiger partial charge on any atom is 0.248 e. The predicted octanol–water partition coefficient (Wildman–Crippen LogP) is 2.69. The number of carbonyl (C=O) groups is 1.